The van der Waals surface area contributed by atoms with Gasteiger partial charge in [0.25, 0.3) is 5.56 Å². The Bertz CT molecular complexity index is 741. The van der Waals surface area contributed by atoms with E-state index in [1.807, 2.05) is 0 Å². The quantitative estimate of drug-likeness (QED) is 0.832. The highest BCUT2D eigenvalue weighted by Gasteiger charge is 2.13. The summed E-state index contributed by atoms with van der Waals surface area (Å²) < 4.78 is 27.6. The van der Waals surface area contributed by atoms with E-state index in [2.05, 4.69) is 14.7 Å². The van der Waals surface area contributed by atoms with Gasteiger partial charge in [-0.05, 0) is 19.1 Å². The first-order chi connectivity index (χ1) is 9.50. The molecule has 0 aliphatic rings. The number of rotatable bonds is 5. The zero-order valence-corrected chi connectivity index (χ0v) is 11.7. The fourth-order valence-corrected chi connectivity index (χ4v) is 2.59. The van der Waals surface area contributed by atoms with Gasteiger partial charge >= 0.3 is 0 Å². The molecule has 2 heterocycles. The summed E-state index contributed by atoms with van der Waals surface area (Å²) in [5.74, 6) is 0. The van der Waals surface area contributed by atoms with Crippen molar-refractivity contribution in [1.29, 1.82) is 0 Å². The van der Waals surface area contributed by atoms with E-state index < -0.39 is 10.0 Å². The lowest BCUT2D eigenvalue weighted by Crippen LogP contribution is -2.31. The van der Waals surface area contributed by atoms with Crippen LogP contribution in [0.15, 0.2) is 46.7 Å². The van der Waals surface area contributed by atoms with Crippen LogP contribution in [0.2, 0.25) is 0 Å². The Labute approximate surface area is 116 Å². The van der Waals surface area contributed by atoms with Gasteiger partial charge in [0.1, 0.15) is 4.90 Å². The van der Waals surface area contributed by atoms with Crippen LogP contribution in [0.25, 0.3) is 0 Å². The number of hydrogen-bond acceptors (Lipinski definition) is 5. The average molecular weight is 294 g/mol. The van der Waals surface area contributed by atoms with E-state index in [-0.39, 0.29) is 23.5 Å². The third-order valence-corrected chi connectivity index (χ3v) is 4.11. The monoisotopic (exact) mass is 294 g/mol. The molecule has 106 valence electrons. The van der Waals surface area contributed by atoms with Gasteiger partial charge in [-0.3, -0.25) is 14.3 Å². The summed E-state index contributed by atoms with van der Waals surface area (Å²) in [4.78, 5) is 19.5. The van der Waals surface area contributed by atoms with Gasteiger partial charge in [0.2, 0.25) is 10.0 Å². The number of nitrogens with one attached hydrogen (secondary N) is 1. The highest BCUT2D eigenvalue weighted by atomic mass is 32.2. The molecule has 0 spiro atoms. The summed E-state index contributed by atoms with van der Waals surface area (Å²) in [6.45, 7) is 1.97. The third kappa shape index (κ3) is 3.28. The van der Waals surface area contributed by atoms with E-state index >= 15 is 0 Å². The lowest BCUT2D eigenvalue weighted by atomic mass is 10.4. The number of pyridine rings is 1. The second-order valence-electron chi connectivity index (χ2n) is 4.16. The third-order valence-electron chi connectivity index (χ3n) is 2.66. The van der Waals surface area contributed by atoms with Gasteiger partial charge in [-0.1, -0.05) is 0 Å². The highest BCUT2D eigenvalue weighted by Crippen LogP contribution is 2.04. The molecule has 1 N–H and O–H groups in total. The van der Waals surface area contributed by atoms with Crippen molar-refractivity contribution in [2.24, 2.45) is 0 Å². The number of sulfonamides is 1. The maximum Gasteiger partial charge on any atom is 0.256 e. The zero-order valence-electron chi connectivity index (χ0n) is 10.9. The van der Waals surface area contributed by atoms with Crippen molar-refractivity contribution in [2.75, 3.05) is 6.54 Å². The van der Waals surface area contributed by atoms with Gasteiger partial charge in [0.05, 0.1) is 6.33 Å². The van der Waals surface area contributed by atoms with Gasteiger partial charge in [0.15, 0.2) is 0 Å². The molecule has 0 saturated heterocycles. The molecule has 0 bridgehead atoms. The Hall–Kier alpha value is -2.06. The molecular weight excluding hydrogens is 280 g/mol. The van der Waals surface area contributed by atoms with Gasteiger partial charge in [-0.2, -0.15) is 0 Å². The van der Waals surface area contributed by atoms with Crippen molar-refractivity contribution < 1.29 is 8.42 Å². The van der Waals surface area contributed by atoms with Crippen molar-refractivity contribution in [1.82, 2.24) is 19.3 Å². The van der Waals surface area contributed by atoms with Crippen molar-refractivity contribution in [3.63, 3.8) is 0 Å². The lowest BCUT2D eigenvalue weighted by Gasteiger charge is -2.08. The second-order valence-corrected chi connectivity index (χ2v) is 5.93. The Morgan fingerprint density at radius 3 is 2.80 bits per heavy atom. The van der Waals surface area contributed by atoms with Crippen molar-refractivity contribution in [2.45, 2.75) is 18.4 Å². The first-order valence-electron chi connectivity index (χ1n) is 5.91. The minimum atomic E-state index is -3.60. The normalized spacial score (nSPS) is 11.4. The summed E-state index contributed by atoms with van der Waals surface area (Å²) in [7, 11) is -3.60. The van der Waals surface area contributed by atoms with Crippen LogP contribution in [0, 0.1) is 6.92 Å². The number of nitrogens with zero attached hydrogens (tertiary/aromatic N) is 3. The minimum absolute atomic E-state index is 0.0923. The van der Waals surface area contributed by atoms with Crippen molar-refractivity contribution in [3.8, 4) is 0 Å². The largest absolute Gasteiger partial charge is 0.298 e. The Kier molecular flexibility index (Phi) is 4.26. The second kappa shape index (κ2) is 5.93. The number of aromatic nitrogens is 3. The summed E-state index contributed by atoms with van der Waals surface area (Å²) in [5.41, 5.74) is 0.336. The molecule has 0 saturated carbocycles. The molecule has 20 heavy (non-hydrogen) atoms. The van der Waals surface area contributed by atoms with Crippen molar-refractivity contribution >= 4 is 10.0 Å². The average Bonchev–Trinajstić information content (AvgIpc) is 2.44. The molecule has 0 amide bonds. The molecule has 0 fully saturated rings. The molecular formula is C12H14N4O3S. The van der Waals surface area contributed by atoms with Gasteiger partial charge in [-0.25, -0.2) is 18.1 Å². The Balaban J connectivity index is 2.03. The topological polar surface area (TPSA) is 93.9 Å². The molecule has 0 radical (unpaired) electrons. The molecule has 8 heteroatoms. The lowest BCUT2D eigenvalue weighted by molar-refractivity contribution is 0.568. The van der Waals surface area contributed by atoms with Crippen LogP contribution in [0.1, 0.15) is 5.56 Å². The summed E-state index contributed by atoms with van der Waals surface area (Å²) >= 11 is 0. The predicted octanol–water partition coefficient (Wildman–Crippen LogP) is -0.0748. The molecule has 0 aliphatic carbocycles. The summed E-state index contributed by atoms with van der Waals surface area (Å²) in [6, 6.07) is 3.00. The number of hydrogen-bond donors (Lipinski definition) is 1. The van der Waals surface area contributed by atoms with Crippen molar-refractivity contribution in [3.05, 3.63) is 53.0 Å². The van der Waals surface area contributed by atoms with E-state index in [9.17, 15) is 13.2 Å². The van der Waals surface area contributed by atoms with Crippen LogP contribution in [-0.4, -0.2) is 29.5 Å². The Morgan fingerprint density at radius 1 is 1.30 bits per heavy atom. The fraction of sp³-hybridized carbons (Fsp3) is 0.250. The molecule has 2 aromatic heterocycles. The van der Waals surface area contributed by atoms with Crippen LogP contribution < -0.4 is 10.3 Å². The molecule has 0 unspecified atom stereocenters. The summed E-state index contributed by atoms with van der Waals surface area (Å²) in [6.07, 6.45) is 5.62. The highest BCUT2D eigenvalue weighted by molar-refractivity contribution is 7.89. The van der Waals surface area contributed by atoms with Gasteiger partial charge < -0.3 is 0 Å². The van der Waals surface area contributed by atoms with Crippen LogP contribution in [0.3, 0.4) is 0 Å². The van der Waals surface area contributed by atoms with Gasteiger partial charge in [-0.15, -0.1) is 0 Å². The molecule has 0 atom stereocenters. The molecule has 0 aliphatic heterocycles. The zero-order chi connectivity index (χ0) is 14.6. The molecule has 0 aromatic carbocycles. The summed E-state index contributed by atoms with van der Waals surface area (Å²) in [5, 5.41) is 0. The first kappa shape index (κ1) is 14.4. The van der Waals surface area contributed by atoms with Crippen LogP contribution in [-0.2, 0) is 16.6 Å². The SMILES string of the molecule is Cc1cncn(CCNS(=O)(=O)c2cccnc2)c1=O. The maximum absolute atomic E-state index is 11.9. The van der Waals surface area contributed by atoms with E-state index in [0.717, 1.165) is 0 Å². The number of aryl methyl sites for hydroxylation is 1. The van der Waals surface area contributed by atoms with E-state index in [4.69, 9.17) is 0 Å². The smallest absolute Gasteiger partial charge is 0.256 e. The maximum atomic E-state index is 11.9. The first-order valence-corrected chi connectivity index (χ1v) is 7.40. The Morgan fingerprint density at radius 2 is 2.10 bits per heavy atom. The molecule has 7 nitrogen and oxygen atoms in total. The van der Waals surface area contributed by atoms with Gasteiger partial charge in [0, 0.05) is 37.2 Å². The van der Waals surface area contributed by atoms with Crippen LogP contribution in [0.4, 0.5) is 0 Å². The van der Waals surface area contributed by atoms with E-state index in [1.165, 1.54) is 35.6 Å². The standard InChI is InChI=1S/C12H14N4O3S/c1-10-7-14-9-16(12(10)17)6-5-15-20(18,19)11-3-2-4-13-8-11/h2-4,7-9,15H,5-6H2,1H3. The molecule has 2 rings (SSSR count). The fourth-order valence-electron chi connectivity index (χ4n) is 1.61. The minimum Gasteiger partial charge on any atom is -0.298 e. The predicted molar refractivity (Wildman–Crippen MR) is 72.7 cm³/mol. The van der Waals surface area contributed by atoms with E-state index in [1.54, 1.807) is 13.0 Å². The van der Waals surface area contributed by atoms with Crippen LogP contribution >= 0.6 is 0 Å². The molecule has 2 aromatic rings. The van der Waals surface area contributed by atoms with E-state index in [0.29, 0.717) is 5.56 Å². The van der Waals surface area contributed by atoms with Crippen LogP contribution in [0.5, 0.6) is 0 Å².